The van der Waals surface area contributed by atoms with E-state index in [2.05, 4.69) is 12.2 Å². The molecule has 0 heterocycles. The summed E-state index contributed by atoms with van der Waals surface area (Å²) >= 11 is 0. The molecule has 1 aliphatic rings. The molecule has 0 fully saturated rings. The molecule has 0 aromatic heterocycles. The van der Waals surface area contributed by atoms with Crippen molar-refractivity contribution in [3.05, 3.63) is 42.0 Å². The summed E-state index contributed by atoms with van der Waals surface area (Å²) in [5.41, 5.74) is 0.745. The Morgan fingerprint density at radius 2 is 1.49 bits per heavy atom. The van der Waals surface area contributed by atoms with Crippen molar-refractivity contribution in [3.8, 4) is 11.5 Å². The van der Waals surface area contributed by atoms with Crippen molar-refractivity contribution in [2.75, 3.05) is 14.2 Å². The highest BCUT2D eigenvalue weighted by Crippen LogP contribution is 2.28. The predicted octanol–water partition coefficient (Wildman–Crippen LogP) is 7.52. The Kier molecular flexibility index (Phi) is 16.9. The van der Waals surface area contributed by atoms with Crippen molar-refractivity contribution < 1.29 is 29.3 Å². The minimum Gasteiger partial charge on any atom is -0.493 e. The van der Waals surface area contributed by atoms with Gasteiger partial charge in [-0.15, -0.1) is 0 Å². The number of hydrogen-bond donors (Lipinski definition) is 2. The van der Waals surface area contributed by atoms with Gasteiger partial charge in [-0.25, -0.2) is 4.79 Å². The van der Waals surface area contributed by atoms with Gasteiger partial charge in [0.25, 0.3) is 0 Å². The van der Waals surface area contributed by atoms with Gasteiger partial charge in [0.15, 0.2) is 11.5 Å². The van der Waals surface area contributed by atoms with Gasteiger partial charge in [0.2, 0.25) is 0 Å². The smallest absolute Gasteiger partial charge is 0.328 e. The van der Waals surface area contributed by atoms with Gasteiger partial charge in [0, 0.05) is 12.5 Å². The van der Waals surface area contributed by atoms with Gasteiger partial charge in [0.05, 0.1) is 14.2 Å². The van der Waals surface area contributed by atoms with Crippen molar-refractivity contribution in [2.45, 2.75) is 89.9 Å². The van der Waals surface area contributed by atoms with Crippen molar-refractivity contribution in [3.63, 3.8) is 0 Å². The number of methoxy groups -OCH3 is 2. The molecule has 0 aliphatic heterocycles. The number of rotatable bonds is 17. The van der Waals surface area contributed by atoms with Crippen LogP contribution in [0.15, 0.2) is 36.4 Å². The summed E-state index contributed by atoms with van der Waals surface area (Å²) in [4.78, 5) is 20.6. The Bertz CT molecular complexity index is 783. The first-order valence-electron chi connectivity index (χ1n) is 13.0. The molecule has 0 bridgehead atoms. The monoisotopic (exact) mass is 488 g/mol. The molecular weight excluding hydrogens is 444 g/mol. The van der Waals surface area contributed by atoms with Crippen molar-refractivity contribution in [1.82, 2.24) is 0 Å². The van der Waals surface area contributed by atoms with Crippen LogP contribution in [0.5, 0.6) is 11.5 Å². The Morgan fingerprint density at radius 1 is 0.886 bits per heavy atom. The molecule has 1 aromatic carbocycles. The highest BCUT2D eigenvalue weighted by Gasteiger charge is 2.07. The van der Waals surface area contributed by atoms with Crippen LogP contribution in [-0.4, -0.2) is 36.4 Å². The number of aliphatic carboxylic acids is 2. The first-order chi connectivity index (χ1) is 17.0. The third kappa shape index (κ3) is 15.7. The van der Waals surface area contributed by atoms with Gasteiger partial charge >= 0.3 is 11.9 Å². The van der Waals surface area contributed by atoms with Crippen LogP contribution in [0.1, 0.15) is 95.5 Å². The lowest BCUT2D eigenvalue weighted by Gasteiger charge is -2.07. The van der Waals surface area contributed by atoms with Crippen molar-refractivity contribution in [1.29, 1.82) is 0 Å². The van der Waals surface area contributed by atoms with Gasteiger partial charge in [0.1, 0.15) is 0 Å². The average Bonchev–Trinajstić information content (AvgIpc) is 3.37. The van der Waals surface area contributed by atoms with E-state index in [1.54, 1.807) is 25.3 Å². The highest BCUT2D eigenvalue weighted by molar-refractivity contribution is 5.85. The molecule has 0 saturated carbocycles. The lowest BCUT2D eigenvalue weighted by molar-refractivity contribution is -0.137. The Labute approximate surface area is 211 Å². The first kappa shape index (κ1) is 30.3. The normalized spacial score (nSPS) is 14.5. The summed E-state index contributed by atoms with van der Waals surface area (Å²) in [5, 5.41) is 17.0. The summed E-state index contributed by atoms with van der Waals surface area (Å²) in [7, 11) is 3.08. The Balaban J connectivity index is 0.000000365. The van der Waals surface area contributed by atoms with Crippen LogP contribution in [0.3, 0.4) is 0 Å². The summed E-state index contributed by atoms with van der Waals surface area (Å²) in [6, 6.07) is 5.18. The number of carboxylic acids is 2. The molecular formula is C29H44O6. The second kappa shape index (κ2) is 19.5. The number of hydrogen-bond acceptors (Lipinski definition) is 4. The molecule has 2 rings (SSSR count). The molecule has 0 radical (unpaired) electrons. The highest BCUT2D eigenvalue weighted by atomic mass is 16.5. The van der Waals surface area contributed by atoms with E-state index >= 15 is 0 Å². The molecule has 1 aliphatic carbocycles. The van der Waals surface area contributed by atoms with Crippen molar-refractivity contribution >= 4 is 18.0 Å². The lowest BCUT2D eigenvalue weighted by Crippen LogP contribution is -1.93. The van der Waals surface area contributed by atoms with E-state index in [9.17, 15) is 9.59 Å². The van der Waals surface area contributed by atoms with Gasteiger partial charge in [-0.3, -0.25) is 4.79 Å². The Hall–Kier alpha value is -2.76. The quantitative estimate of drug-likeness (QED) is 0.134. The van der Waals surface area contributed by atoms with E-state index in [1.165, 1.54) is 83.8 Å². The van der Waals surface area contributed by atoms with Crippen LogP contribution in [0.25, 0.3) is 6.08 Å². The van der Waals surface area contributed by atoms with E-state index in [0.717, 1.165) is 30.4 Å². The number of benzene rings is 1. The van der Waals surface area contributed by atoms with Crippen LogP contribution in [0.4, 0.5) is 0 Å². The number of carbonyl (C=O) groups is 2. The third-order valence-electron chi connectivity index (χ3n) is 6.15. The third-order valence-corrected chi connectivity index (χ3v) is 6.15. The largest absolute Gasteiger partial charge is 0.493 e. The van der Waals surface area contributed by atoms with Crippen LogP contribution in [-0.2, 0) is 9.59 Å². The molecule has 1 atom stereocenters. The first-order valence-corrected chi connectivity index (χ1v) is 13.0. The van der Waals surface area contributed by atoms with E-state index in [0.29, 0.717) is 17.9 Å². The Morgan fingerprint density at radius 3 is 2.00 bits per heavy atom. The standard InChI is InChI=1S/C18H32O2.C11H12O4/c19-18(20)16-10-8-6-4-2-1-3-5-7-9-13-17-14-11-12-15-17;1-14-9-5-3-8(4-6-11(12)13)7-10(9)15-2/h11,14,17H,1-10,12-13,15-16H2,(H,19,20);3-7H,1-2H3,(H,12,13). The summed E-state index contributed by atoms with van der Waals surface area (Å²) in [6.07, 6.45) is 24.5. The maximum atomic E-state index is 10.3. The zero-order valence-electron chi connectivity index (χ0n) is 21.5. The molecule has 35 heavy (non-hydrogen) atoms. The van der Waals surface area contributed by atoms with Crippen LogP contribution < -0.4 is 9.47 Å². The maximum Gasteiger partial charge on any atom is 0.328 e. The summed E-state index contributed by atoms with van der Waals surface area (Å²) < 4.78 is 10.1. The number of unbranched alkanes of at least 4 members (excludes halogenated alkanes) is 9. The fraction of sp³-hybridized carbons (Fsp3) is 0.586. The van der Waals surface area contributed by atoms with Crippen LogP contribution in [0, 0.1) is 5.92 Å². The van der Waals surface area contributed by atoms with E-state index in [1.807, 2.05) is 0 Å². The molecule has 6 heteroatoms. The van der Waals surface area contributed by atoms with E-state index in [-0.39, 0.29) is 0 Å². The molecule has 6 nitrogen and oxygen atoms in total. The van der Waals surface area contributed by atoms with E-state index in [4.69, 9.17) is 19.7 Å². The molecule has 0 spiro atoms. The van der Waals surface area contributed by atoms with Crippen molar-refractivity contribution in [2.24, 2.45) is 5.92 Å². The molecule has 1 aromatic rings. The van der Waals surface area contributed by atoms with Gasteiger partial charge in [-0.1, -0.05) is 76.0 Å². The zero-order chi connectivity index (χ0) is 25.7. The number of ether oxygens (including phenoxy) is 2. The maximum absolute atomic E-state index is 10.3. The fourth-order valence-corrected chi connectivity index (χ4v) is 4.16. The topological polar surface area (TPSA) is 93.1 Å². The zero-order valence-corrected chi connectivity index (χ0v) is 21.5. The van der Waals surface area contributed by atoms with Gasteiger partial charge in [-0.2, -0.15) is 0 Å². The molecule has 196 valence electrons. The minimum absolute atomic E-state index is 0.343. The van der Waals surface area contributed by atoms with Crippen LogP contribution >= 0.6 is 0 Å². The predicted molar refractivity (Wildman–Crippen MR) is 141 cm³/mol. The minimum atomic E-state index is -0.982. The van der Waals surface area contributed by atoms with Gasteiger partial charge < -0.3 is 19.7 Å². The average molecular weight is 489 g/mol. The SMILES string of the molecule is COc1ccc(C=CC(=O)O)cc1OC.O=C(O)CCCCCCCCCCCCC1C=CCC1. The fourth-order valence-electron chi connectivity index (χ4n) is 4.16. The molecule has 2 N–H and O–H groups in total. The number of allylic oxidation sites excluding steroid dienone is 2. The second-order valence-electron chi connectivity index (χ2n) is 9.02. The lowest BCUT2D eigenvalue weighted by atomic mass is 9.99. The summed E-state index contributed by atoms with van der Waals surface area (Å²) in [6.45, 7) is 0. The van der Waals surface area contributed by atoms with Gasteiger partial charge in [-0.05, 0) is 55.4 Å². The number of carboxylic acid groups (broad SMARTS) is 2. The molecule has 0 saturated heterocycles. The second-order valence-corrected chi connectivity index (χ2v) is 9.02. The molecule has 1 unspecified atom stereocenters. The van der Waals surface area contributed by atoms with E-state index < -0.39 is 11.9 Å². The van der Waals surface area contributed by atoms with Crippen LogP contribution in [0.2, 0.25) is 0 Å². The molecule has 0 amide bonds. The summed E-state index contributed by atoms with van der Waals surface area (Å²) in [5.74, 6) is 0.443.